The smallest absolute Gasteiger partial charge is 0.310 e. The van der Waals surface area contributed by atoms with Gasteiger partial charge in [0.05, 0.1) is 30.3 Å². The van der Waals surface area contributed by atoms with E-state index in [1.807, 2.05) is 43.3 Å². The minimum absolute atomic E-state index is 0.110. The number of carbonyl (C=O) groups is 3. The number of esters is 1. The summed E-state index contributed by atoms with van der Waals surface area (Å²) in [6.45, 7) is 4.66. The van der Waals surface area contributed by atoms with Gasteiger partial charge in [-0.1, -0.05) is 18.2 Å². The summed E-state index contributed by atoms with van der Waals surface area (Å²) < 4.78 is 12.5. The fourth-order valence-corrected chi connectivity index (χ4v) is 4.22. The maximum absolute atomic E-state index is 13.5. The zero-order valence-corrected chi connectivity index (χ0v) is 20.3. The van der Waals surface area contributed by atoms with Gasteiger partial charge in [-0.25, -0.2) is 4.68 Å². The minimum Gasteiger partial charge on any atom is -0.466 e. The molecule has 1 aliphatic rings. The highest BCUT2D eigenvalue weighted by atomic mass is 16.5. The first kappa shape index (κ1) is 24.3. The summed E-state index contributed by atoms with van der Waals surface area (Å²) in [7, 11) is 1.59. The lowest BCUT2D eigenvalue weighted by molar-refractivity contribution is -0.151. The number of furan rings is 1. The topological polar surface area (TPSA) is 97.9 Å². The Kier molecular flexibility index (Phi) is 7.33. The van der Waals surface area contributed by atoms with Gasteiger partial charge < -0.3 is 19.0 Å². The van der Waals surface area contributed by atoms with Crippen LogP contribution in [0.1, 0.15) is 35.9 Å². The molecule has 3 heterocycles. The fraction of sp³-hybridized carbons (Fsp3) is 0.385. The van der Waals surface area contributed by atoms with Crippen LogP contribution >= 0.6 is 0 Å². The van der Waals surface area contributed by atoms with Gasteiger partial charge in [0.15, 0.2) is 5.76 Å². The number of rotatable bonds is 7. The molecular weight excluding hydrogens is 448 g/mol. The van der Waals surface area contributed by atoms with E-state index < -0.39 is 0 Å². The molecule has 4 rings (SSSR count). The van der Waals surface area contributed by atoms with Crippen LogP contribution in [-0.4, -0.2) is 70.7 Å². The normalized spacial score (nSPS) is 15.6. The number of aryl methyl sites for hydroxylation is 1. The van der Waals surface area contributed by atoms with Crippen LogP contribution in [0.2, 0.25) is 0 Å². The molecule has 9 heteroatoms. The summed E-state index contributed by atoms with van der Waals surface area (Å²) in [5, 5.41) is 4.61. The van der Waals surface area contributed by atoms with Gasteiger partial charge in [0.25, 0.3) is 5.91 Å². The van der Waals surface area contributed by atoms with Crippen molar-refractivity contribution >= 4 is 17.8 Å². The average molecular weight is 479 g/mol. The van der Waals surface area contributed by atoms with Crippen LogP contribution in [0.25, 0.3) is 17.1 Å². The molecule has 184 valence electrons. The van der Waals surface area contributed by atoms with E-state index in [2.05, 4.69) is 5.10 Å². The highest BCUT2D eigenvalue weighted by Crippen LogP contribution is 2.27. The number of nitrogens with zero attached hydrogens (tertiary/aromatic N) is 4. The van der Waals surface area contributed by atoms with Gasteiger partial charge in [0.1, 0.15) is 11.5 Å². The Labute approximate surface area is 204 Å². The number of amides is 2. The molecule has 0 radical (unpaired) electrons. The number of hydrogen-bond acceptors (Lipinski definition) is 6. The molecule has 1 atom stereocenters. The molecule has 0 saturated carbocycles. The van der Waals surface area contributed by atoms with Crippen molar-refractivity contribution in [3.8, 4) is 17.1 Å². The third kappa shape index (κ3) is 5.45. The van der Waals surface area contributed by atoms with Crippen LogP contribution in [-0.2, 0) is 14.3 Å². The van der Waals surface area contributed by atoms with Crippen molar-refractivity contribution in [3.05, 3.63) is 60.0 Å². The molecule has 1 aliphatic heterocycles. The van der Waals surface area contributed by atoms with Crippen molar-refractivity contribution in [2.45, 2.75) is 26.7 Å². The third-order valence-electron chi connectivity index (χ3n) is 6.05. The minimum atomic E-state index is -0.344. The predicted octanol–water partition coefficient (Wildman–Crippen LogP) is 3.31. The highest BCUT2D eigenvalue weighted by Gasteiger charge is 2.31. The molecule has 9 nitrogen and oxygen atoms in total. The van der Waals surface area contributed by atoms with Crippen molar-refractivity contribution in [1.82, 2.24) is 19.6 Å². The van der Waals surface area contributed by atoms with Crippen molar-refractivity contribution < 1.29 is 23.5 Å². The van der Waals surface area contributed by atoms with Gasteiger partial charge in [-0.2, -0.15) is 5.10 Å². The van der Waals surface area contributed by atoms with Crippen LogP contribution in [0.4, 0.5) is 0 Å². The first-order chi connectivity index (χ1) is 16.9. The second kappa shape index (κ2) is 10.6. The van der Waals surface area contributed by atoms with Gasteiger partial charge in [0.2, 0.25) is 5.91 Å². The van der Waals surface area contributed by atoms with E-state index in [1.54, 1.807) is 35.8 Å². The van der Waals surface area contributed by atoms with Crippen LogP contribution in [0.15, 0.2) is 53.1 Å². The average Bonchev–Trinajstić information content (AvgIpc) is 3.51. The summed E-state index contributed by atoms with van der Waals surface area (Å²) in [5.41, 5.74) is 1.54. The number of aromatic nitrogens is 2. The number of likely N-dealkylation sites (N-methyl/N-ethyl adjacent to an activating group) is 1. The van der Waals surface area contributed by atoms with E-state index >= 15 is 0 Å². The van der Waals surface area contributed by atoms with Crippen molar-refractivity contribution in [3.63, 3.8) is 0 Å². The van der Waals surface area contributed by atoms with Gasteiger partial charge in [-0.15, -0.1) is 0 Å². The Hall–Kier alpha value is -3.88. The molecule has 0 aliphatic carbocycles. The number of benzene rings is 1. The summed E-state index contributed by atoms with van der Waals surface area (Å²) in [6, 6.07) is 13.1. The first-order valence-electron chi connectivity index (χ1n) is 11.8. The quantitative estimate of drug-likeness (QED) is 0.483. The Morgan fingerprint density at radius 1 is 1.17 bits per heavy atom. The lowest BCUT2D eigenvalue weighted by atomic mass is 9.98. The summed E-state index contributed by atoms with van der Waals surface area (Å²) >= 11 is 0. The Morgan fingerprint density at radius 2 is 1.94 bits per heavy atom. The predicted molar refractivity (Wildman–Crippen MR) is 129 cm³/mol. The number of carbonyl (C=O) groups excluding carboxylic acids is 3. The molecule has 0 spiro atoms. The maximum Gasteiger partial charge on any atom is 0.310 e. The van der Waals surface area contributed by atoms with Crippen molar-refractivity contribution in [2.75, 3.05) is 33.3 Å². The molecule has 2 amide bonds. The fourth-order valence-electron chi connectivity index (χ4n) is 4.22. The molecule has 1 unspecified atom stereocenters. The lowest BCUT2D eigenvalue weighted by Crippen LogP contribution is -2.47. The second-order valence-corrected chi connectivity index (χ2v) is 8.67. The van der Waals surface area contributed by atoms with Crippen LogP contribution in [0, 0.1) is 12.8 Å². The number of hydrogen-bond donors (Lipinski definition) is 0. The summed E-state index contributed by atoms with van der Waals surface area (Å²) in [6.07, 6.45) is 3.07. The lowest BCUT2D eigenvalue weighted by Gasteiger charge is -2.32. The highest BCUT2D eigenvalue weighted by molar-refractivity contribution is 6.00. The zero-order valence-electron chi connectivity index (χ0n) is 20.3. The Morgan fingerprint density at radius 3 is 2.63 bits per heavy atom. The second-order valence-electron chi connectivity index (χ2n) is 8.67. The molecule has 35 heavy (non-hydrogen) atoms. The molecule has 1 aromatic carbocycles. The van der Waals surface area contributed by atoms with Crippen LogP contribution in [0.3, 0.4) is 0 Å². The largest absolute Gasteiger partial charge is 0.466 e. The molecule has 1 fully saturated rings. The van der Waals surface area contributed by atoms with Crippen LogP contribution in [0.5, 0.6) is 0 Å². The van der Waals surface area contributed by atoms with E-state index in [0.29, 0.717) is 48.9 Å². The molecule has 2 aromatic heterocycles. The van der Waals surface area contributed by atoms with Crippen molar-refractivity contribution in [1.29, 1.82) is 0 Å². The Balaban J connectivity index is 1.52. The molecule has 0 N–H and O–H groups in total. The van der Waals surface area contributed by atoms with Crippen LogP contribution < -0.4 is 0 Å². The van der Waals surface area contributed by atoms with Crippen molar-refractivity contribution in [2.24, 2.45) is 5.92 Å². The van der Waals surface area contributed by atoms with Gasteiger partial charge in [-0.3, -0.25) is 14.4 Å². The van der Waals surface area contributed by atoms with E-state index in [0.717, 1.165) is 12.1 Å². The number of likely N-dealkylation sites (tertiary alicyclic amines) is 1. The zero-order chi connectivity index (χ0) is 24.9. The summed E-state index contributed by atoms with van der Waals surface area (Å²) in [4.78, 5) is 41.6. The number of ether oxygens (including phenoxy) is 1. The standard InChI is InChI=1S/C26H30N4O5/c1-4-34-26(33)19-9-8-14-29(15-19)23(31)17-28(3)25(32)21-16-30(20-10-6-5-7-11-20)27-24(21)22-13-12-18(2)35-22/h5-7,10-13,16,19H,4,8-9,14-15,17H2,1-3H3. The molecule has 1 saturated heterocycles. The molecule has 3 aromatic rings. The van der Waals surface area contributed by atoms with Gasteiger partial charge in [-0.05, 0) is 51.0 Å². The third-order valence-corrected chi connectivity index (χ3v) is 6.05. The van der Waals surface area contributed by atoms with E-state index in [1.165, 1.54) is 4.90 Å². The van der Waals surface area contributed by atoms with E-state index in [9.17, 15) is 14.4 Å². The monoisotopic (exact) mass is 478 g/mol. The Bertz CT molecular complexity index is 1200. The molecule has 0 bridgehead atoms. The number of para-hydroxylation sites is 1. The SMILES string of the molecule is CCOC(=O)C1CCCN(C(=O)CN(C)C(=O)c2cn(-c3ccccc3)nc2-c2ccc(C)o2)C1. The maximum atomic E-state index is 13.5. The van der Waals surface area contributed by atoms with Gasteiger partial charge >= 0.3 is 5.97 Å². The van der Waals surface area contributed by atoms with Gasteiger partial charge in [0, 0.05) is 26.3 Å². The van der Waals surface area contributed by atoms with E-state index in [4.69, 9.17) is 9.15 Å². The number of piperidine rings is 1. The van der Waals surface area contributed by atoms with E-state index in [-0.39, 0.29) is 30.2 Å². The molecular formula is C26H30N4O5. The first-order valence-corrected chi connectivity index (χ1v) is 11.8. The summed E-state index contributed by atoms with van der Waals surface area (Å²) in [5.74, 6) is 0.0305.